The van der Waals surface area contributed by atoms with Crippen molar-refractivity contribution in [1.29, 1.82) is 0 Å². The SMILES string of the molecule is CCC(CS)CN1CCC(N2CCCCC2)C1. The Balaban J connectivity index is 1.74. The Kier molecular flexibility index (Phi) is 5.64. The van der Waals surface area contributed by atoms with Crippen LogP contribution in [0.15, 0.2) is 0 Å². The van der Waals surface area contributed by atoms with E-state index in [0.717, 1.165) is 17.7 Å². The fourth-order valence-corrected chi connectivity index (χ4v) is 3.61. The van der Waals surface area contributed by atoms with E-state index in [4.69, 9.17) is 0 Å². The molecule has 0 aromatic carbocycles. The van der Waals surface area contributed by atoms with Crippen molar-refractivity contribution in [3.63, 3.8) is 0 Å². The van der Waals surface area contributed by atoms with E-state index < -0.39 is 0 Å². The summed E-state index contributed by atoms with van der Waals surface area (Å²) in [5.41, 5.74) is 0. The highest BCUT2D eigenvalue weighted by atomic mass is 32.1. The molecule has 2 saturated heterocycles. The average molecular weight is 256 g/mol. The topological polar surface area (TPSA) is 6.48 Å². The molecule has 0 aliphatic carbocycles. The van der Waals surface area contributed by atoms with Gasteiger partial charge in [-0.3, -0.25) is 4.90 Å². The minimum atomic E-state index is 0.790. The smallest absolute Gasteiger partial charge is 0.0235 e. The molecule has 0 aromatic heterocycles. The van der Waals surface area contributed by atoms with Gasteiger partial charge in [0.1, 0.15) is 0 Å². The van der Waals surface area contributed by atoms with Crippen molar-refractivity contribution >= 4 is 12.6 Å². The lowest BCUT2D eigenvalue weighted by Crippen LogP contribution is -2.41. The van der Waals surface area contributed by atoms with Gasteiger partial charge in [-0.05, 0) is 50.6 Å². The lowest BCUT2D eigenvalue weighted by Gasteiger charge is -2.32. The van der Waals surface area contributed by atoms with E-state index in [1.807, 2.05) is 0 Å². The predicted molar refractivity (Wildman–Crippen MR) is 77.9 cm³/mol. The van der Waals surface area contributed by atoms with Gasteiger partial charge in [0.25, 0.3) is 0 Å². The molecule has 2 rings (SSSR count). The van der Waals surface area contributed by atoms with Crippen molar-refractivity contribution in [1.82, 2.24) is 9.80 Å². The van der Waals surface area contributed by atoms with Gasteiger partial charge < -0.3 is 4.90 Å². The number of nitrogens with zero attached hydrogens (tertiary/aromatic N) is 2. The first-order valence-corrected chi connectivity index (χ1v) is 8.04. The first-order chi connectivity index (χ1) is 8.33. The van der Waals surface area contributed by atoms with Crippen LogP contribution < -0.4 is 0 Å². The Morgan fingerprint density at radius 1 is 1.18 bits per heavy atom. The Morgan fingerprint density at radius 2 is 1.94 bits per heavy atom. The summed E-state index contributed by atoms with van der Waals surface area (Å²) in [6, 6.07) is 0.854. The molecule has 100 valence electrons. The van der Waals surface area contributed by atoms with Crippen LogP contribution in [0, 0.1) is 5.92 Å². The standard InChI is InChI=1S/C14H28N2S/c1-2-13(12-17)10-15-9-6-14(11-15)16-7-4-3-5-8-16/h13-14,17H,2-12H2,1H3. The Hall–Kier alpha value is 0.270. The first kappa shape index (κ1) is 13.7. The van der Waals surface area contributed by atoms with E-state index in [2.05, 4.69) is 29.4 Å². The Bertz CT molecular complexity index is 212. The van der Waals surface area contributed by atoms with Gasteiger partial charge in [-0.2, -0.15) is 12.6 Å². The number of hydrogen-bond donors (Lipinski definition) is 1. The summed E-state index contributed by atoms with van der Waals surface area (Å²) < 4.78 is 0. The van der Waals surface area contributed by atoms with Gasteiger partial charge in [-0.25, -0.2) is 0 Å². The summed E-state index contributed by atoms with van der Waals surface area (Å²) >= 11 is 4.46. The number of thiol groups is 1. The molecular formula is C14H28N2S. The molecule has 0 aromatic rings. The number of piperidine rings is 1. The first-order valence-electron chi connectivity index (χ1n) is 7.40. The molecule has 0 N–H and O–H groups in total. The second-order valence-corrected chi connectivity index (χ2v) is 6.12. The molecule has 0 radical (unpaired) electrons. The molecule has 2 nitrogen and oxygen atoms in total. The lowest BCUT2D eigenvalue weighted by molar-refractivity contribution is 0.159. The van der Waals surface area contributed by atoms with Gasteiger partial charge in [-0.15, -0.1) is 0 Å². The molecule has 0 spiro atoms. The Labute approximate surface area is 112 Å². The number of likely N-dealkylation sites (tertiary alicyclic amines) is 2. The summed E-state index contributed by atoms with van der Waals surface area (Å²) in [6.07, 6.45) is 6.96. The van der Waals surface area contributed by atoms with E-state index in [1.165, 1.54) is 64.8 Å². The van der Waals surface area contributed by atoms with Crippen molar-refractivity contribution in [2.24, 2.45) is 5.92 Å². The monoisotopic (exact) mass is 256 g/mol. The van der Waals surface area contributed by atoms with Crippen molar-refractivity contribution in [3.8, 4) is 0 Å². The van der Waals surface area contributed by atoms with Crippen LogP contribution in [-0.2, 0) is 0 Å². The van der Waals surface area contributed by atoms with Gasteiger partial charge in [0, 0.05) is 19.1 Å². The molecule has 2 fully saturated rings. The Morgan fingerprint density at radius 3 is 2.59 bits per heavy atom. The molecule has 2 atom stereocenters. The molecule has 2 aliphatic heterocycles. The molecule has 0 bridgehead atoms. The third-order valence-electron chi connectivity index (χ3n) is 4.51. The van der Waals surface area contributed by atoms with E-state index >= 15 is 0 Å². The molecule has 0 amide bonds. The van der Waals surface area contributed by atoms with E-state index in [-0.39, 0.29) is 0 Å². The summed E-state index contributed by atoms with van der Waals surface area (Å²) in [7, 11) is 0. The van der Waals surface area contributed by atoms with Crippen molar-refractivity contribution in [3.05, 3.63) is 0 Å². The van der Waals surface area contributed by atoms with Crippen LogP contribution in [0.4, 0.5) is 0 Å². The summed E-state index contributed by atoms with van der Waals surface area (Å²) in [4.78, 5) is 5.41. The fourth-order valence-electron chi connectivity index (χ4n) is 3.24. The maximum atomic E-state index is 4.46. The molecule has 17 heavy (non-hydrogen) atoms. The zero-order chi connectivity index (χ0) is 12.1. The highest BCUT2D eigenvalue weighted by Crippen LogP contribution is 2.21. The van der Waals surface area contributed by atoms with Gasteiger partial charge >= 0.3 is 0 Å². The van der Waals surface area contributed by atoms with Crippen LogP contribution in [-0.4, -0.2) is 54.3 Å². The molecule has 2 heterocycles. The van der Waals surface area contributed by atoms with Crippen molar-refractivity contribution < 1.29 is 0 Å². The van der Waals surface area contributed by atoms with Crippen molar-refractivity contribution in [2.75, 3.05) is 38.5 Å². The quantitative estimate of drug-likeness (QED) is 0.755. The highest BCUT2D eigenvalue weighted by Gasteiger charge is 2.28. The van der Waals surface area contributed by atoms with Crippen LogP contribution in [0.2, 0.25) is 0 Å². The average Bonchev–Trinajstić information content (AvgIpc) is 2.85. The molecule has 2 unspecified atom stereocenters. The predicted octanol–water partition coefficient (Wildman–Crippen LogP) is 2.50. The largest absolute Gasteiger partial charge is 0.301 e. The summed E-state index contributed by atoms with van der Waals surface area (Å²) in [5.74, 6) is 1.83. The lowest BCUT2D eigenvalue weighted by atomic mass is 10.1. The fraction of sp³-hybridized carbons (Fsp3) is 1.00. The van der Waals surface area contributed by atoms with E-state index in [1.54, 1.807) is 0 Å². The van der Waals surface area contributed by atoms with Gasteiger partial charge in [0.15, 0.2) is 0 Å². The van der Waals surface area contributed by atoms with Crippen LogP contribution in [0.5, 0.6) is 0 Å². The van der Waals surface area contributed by atoms with Gasteiger partial charge in [0.05, 0.1) is 0 Å². The van der Waals surface area contributed by atoms with Crippen LogP contribution in [0.25, 0.3) is 0 Å². The third-order valence-corrected chi connectivity index (χ3v) is 5.02. The van der Waals surface area contributed by atoms with Crippen LogP contribution in [0.3, 0.4) is 0 Å². The number of hydrogen-bond acceptors (Lipinski definition) is 3. The molecule has 3 heteroatoms. The zero-order valence-electron chi connectivity index (χ0n) is 11.3. The second kappa shape index (κ2) is 7.01. The van der Waals surface area contributed by atoms with Crippen molar-refractivity contribution in [2.45, 2.75) is 45.1 Å². The minimum absolute atomic E-state index is 0.790. The second-order valence-electron chi connectivity index (χ2n) is 5.76. The number of rotatable bonds is 5. The zero-order valence-corrected chi connectivity index (χ0v) is 12.2. The highest BCUT2D eigenvalue weighted by molar-refractivity contribution is 7.80. The summed E-state index contributed by atoms with van der Waals surface area (Å²) in [5, 5.41) is 0. The normalized spacial score (nSPS) is 29.6. The van der Waals surface area contributed by atoms with E-state index in [0.29, 0.717) is 0 Å². The van der Waals surface area contributed by atoms with Crippen LogP contribution in [0.1, 0.15) is 39.0 Å². The van der Waals surface area contributed by atoms with Crippen LogP contribution >= 0.6 is 12.6 Å². The molecule has 2 aliphatic rings. The molecule has 0 saturated carbocycles. The maximum Gasteiger partial charge on any atom is 0.0235 e. The third kappa shape index (κ3) is 3.87. The van der Waals surface area contributed by atoms with Gasteiger partial charge in [0.2, 0.25) is 0 Å². The van der Waals surface area contributed by atoms with E-state index in [9.17, 15) is 0 Å². The maximum absolute atomic E-state index is 4.46. The summed E-state index contributed by atoms with van der Waals surface area (Å²) in [6.45, 7) is 8.88. The minimum Gasteiger partial charge on any atom is -0.301 e. The molecular weight excluding hydrogens is 228 g/mol. The van der Waals surface area contributed by atoms with Gasteiger partial charge in [-0.1, -0.05) is 19.8 Å².